The summed E-state index contributed by atoms with van der Waals surface area (Å²) in [6, 6.07) is 11.2. The lowest BCUT2D eigenvalue weighted by atomic mass is 10.1. The molecule has 0 aliphatic heterocycles. The number of carbonyl (C=O) groups is 2. The number of sulfonamides is 1. The predicted molar refractivity (Wildman–Crippen MR) is 102 cm³/mol. The van der Waals surface area contributed by atoms with Crippen LogP contribution >= 0.6 is 0 Å². The summed E-state index contributed by atoms with van der Waals surface area (Å²) in [5.74, 6) is -1.06. The van der Waals surface area contributed by atoms with Crippen LogP contribution in [0.5, 0.6) is 0 Å². The van der Waals surface area contributed by atoms with Crippen molar-refractivity contribution in [3.05, 3.63) is 64.7 Å². The van der Waals surface area contributed by atoms with E-state index in [2.05, 4.69) is 0 Å². The Morgan fingerprint density at radius 2 is 1.59 bits per heavy atom. The maximum absolute atomic E-state index is 12.5. The molecule has 0 aromatic heterocycles. The van der Waals surface area contributed by atoms with Gasteiger partial charge in [-0.1, -0.05) is 35.9 Å². The Balaban J connectivity index is 2.25. The van der Waals surface area contributed by atoms with Gasteiger partial charge in [-0.05, 0) is 38.5 Å². The van der Waals surface area contributed by atoms with Gasteiger partial charge in [0, 0.05) is 19.7 Å². The van der Waals surface area contributed by atoms with E-state index in [9.17, 15) is 18.0 Å². The molecule has 0 N–H and O–H groups in total. The van der Waals surface area contributed by atoms with Crippen molar-refractivity contribution in [3.63, 3.8) is 0 Å². The zero-order valence-electron chi connectivity index (χ0n) is 16.0. The van der Waals surface area contributed by atoms with Crippen molar-refractivity contribution in [1.82, 2.24) is 4.31 Å². The second-order valence-electron chi connectivity index (χ2n) is 6.54. The second kappa shape index (κ2) is 8.02. The number of ketones is 1. The fraction of sp³-hybridized carbons (Fsp3) is 0.300. The Bertz CT molecular complexity index is 962. The van der Waals surface area contributed by atoms with E-state index < -0.39 is 22.1 Å². The molecule has 2 aromatic carbocycles. The molecule has 0 bridgehead atoms. The van der Waals surface area contributed by atoms with E-state index in [0.29, 0.717) is 11.1 Å². The van der Waals surface area contributed by atoms with Gasteiger partial charge in [0.05, 0.1) is 10.5 Å². The van der Waals surface area contributed by atoms with Gasteiger partial charge in [-0.3, -0.25) is 4.79 Å². The number of carbonyl (C=O) groups excluding carboxylic acids is 2. The van der Waals surface area contributed by atoms with E-state index in [1.54, 1.807) is 25.1 Å². The van der Waals surface area contributed by atoms with Gasteiger partial charge in [-0.2, -0.15) is 0 Å². The van der Waals surface area contributed by atoms with Crippen LogP contribution < -0.4 is 0 Å². The van der Waals surface area contributed by atoms with Crippen LogP contribution in [0.1, 0.15) is 38.8 Å². The first kappa shape index (κ1) is 20.8. The molecule has 0 saturated carbocycles. The van der Waals surface area contributed by atoms with Crippen molar-refractivity contribution in [2.45, 2.75) is 31.8 Å². The average molecular weight is 389 g/mol. The molecule has 0 amide bonds. The number of aryl methyl sites for hydroxylation is 2. The minimum absolute atomic E-state index is 0.0115. The molecule has 0 aliphatic carbocycles. The number of hydrogen-bond donors (Lipinski definition) is 0. The molecule has 2 rings (SSSR count). The molecular formula is C20H23NO5S. The van der Waals surface area contributed by atoms with Crippen LogP contribution in [0.4, 0.5) is 0 Å². The Morgan fingerprint density at radius 1 is 1.00 bits per heavy atom. The summed E-state index contributed by atoms with van der Waals surface area (Å²) < 4.78 is 30.9. The first-order valence-electron chi connectivity index (χ1n) is 8.39. The van der Waals surface area contributed by atoms with E-state index in [0.717, 1.165) is 9.87 Å². The maximum atomic E-state index is 12.5. The summed E-state index contributed by atoms with van der Waals surface area (Å²) in [4.78, 5) is 25.0. The zero-order valence-corrected chi connectivity index (χ0v) is 16.8. The number of ether oxygens (including phenoxy) is 1. The lowest BCUT2D eigenvalue weighted by Gasteiger charge is -2.16. The smallest absolute Gasteiger partial charge is 0.339 e. The average Bonchev–Trinajstić information content (AvgIpc) is 2.61. The summed E-state index contributed by atoms with van der Waals surface area (Å²) in [6.45, 7) is 5.08. The lowest BCUT2D eigenvalue weighted by Crippen LogP contribution is -2.25. The highest BCUT2D eigenvalue weighted by Crippen LogP contribution is 2.20. The van der Waals surface area contributed by atoms with Gasteiger partial charge in [0.2, 0.25) is 15.8 Å². The number of Topliss-reactive ketones (excluding diaryl/α,β-unsaturated/α-hetero) is 1. The quantitative estimate of drug-likeness (QED) is 0.560. The summed E-state index contributed by atoms with van der Waals surface area (Å²) in [7, 11) is -0.859. The van der Waals surface area contributed by atoms with Crippen LogP contribution in [-0.4, -0.2) is 44.7 Å². The Morgan fingerprint density at radius 3 is 2.15 bits per heavy atom. The van der Waals surface area contributed by atoms with Crippen molar-refractivity contribution in [3.8, 4) is 0 Å². The van der Waals surface area contributed by atoms with Gasteiger partial charge in [0.25, 0.3) is 0 Å². The maximum Gasteiger partial charge on any atom is 0.339 e. The molecular weight excluding hydrogens is 366 g/mol. The molecule has 0 aliphatic rings. The van der Waals surface area contributed by atoms with Crippen LogP contribution in [0.25, 0.3) is 0 Å². The third-order valence-corrected chi connectivity index (χ3v) is 6.01. The third-order valence-electron chi connectivity index (χ3n) is 4.20. The lowest BCUT2D eigenvalue weighted by molar-refractivity contribution is 0.0318. The SMILES string of the molecule is Cc1ccc(C(=O)[C@H](C)OC(=O)c2cc(S(=O)(=O)N(C)C)ccc2C)cc1. The molecule has 0 saturated heterocycles. The largest absolute Gasteiger partial charge is 0.451 e. The summed E-state index contributed by atoms with van der Waals surface area (Å²) in [5.41, 5.74) is 2.14. The first-order chi connectivity index (χ1) is 12.5. The van der Waals surface area contributed by atoms with Crippen molar-refractivity contribution < 1.29 is 22.7 Å². The molecule has 0 heterocycles. The van der Waals surface area contributed by atoms with Crippen molar-refractivity contribution in [1.29, 1.82) is 0 Å². The monoisotopic (exact) mass is 389 g/mol. The molecule has 1 atom stereocenters. The highest BCUT2D eigenvalue weighted by Gasteiger charge is 2.24. The van der Waals surface area contributed by atoms with Crippen molar-refractivity contribution >= 4 is 21.8 Å². The Labute approximate surface area is 159 Å². The van der Waals surface area contributed by atoms with Crippen LogP contribution in [-0.2, 0) is 14.8 Å². The van der Waals surface area contributed by atoms with Crippen LogP contribution in [0, 0.1) is 13.8 Å². The minimum atomic E-state index is -3.68. The molecule has 0 unspecified atom stereocenters. The first-order valence-corrected chi connectivity index (χ1v) is 9.83. The van der Waals surface area contributed by atoms with Crippen molar-refractivity contribution in [2.75, 3.05) is 14.1 Å². The normalized spacial score (nSPS) is 12.7. The highest BCUT2D eigenvalue weighted by atomic mass is 32.2. The molecule has 0 spiro atoms. The predicted octanol–water partition coefficient (Wildman–Crippen LogP) is 2.98. The molecule has 6 nitrogen and oxygen atoms in total. The minimum Gasteiger partial charge on any atom is -0.451 e. The third kappa shape index (κ3) is 4.61. The molecule has 0 fully saturated rings. The van der Waals surface area contributed by atoms with Crippen LogP contribution in [0.3, 0.4) is 0 Å². The number of esters is 1. The van der Waals surface area contributed by atoms with Gasteiger partial charge in [0.1, 0.15) is 0 Å². The summed E-state index contributed by atoms with van der Waals surface area (Å²) in [5, 5.41) is 0. The van der Waals surface area contributed by atoms with E-state index >= 15 is 0 Å². The summed E-state index contributed by atoms with van der Waals surface area (Å²) >= 11 is 0. The standard InChI is InChI=1S/C20H23NO5S/c1-13-6-9-16(10-7-13)19(22)15(3)26-20(23)18-12-17(11-8-14(18)2)27(24,25)21(4)5/h6-12,15H,1-5H3/t15-/m0/s1. The molecule has 144 valence electrons. The Hall–Kier alpha value is -2.51. The second-order valence-corrected chi connectivity index (χ2v) is 8.69. The zero-order chi connectivity index (χ0) is 20.4. The van der Waals surface area contributed by atoms with E-state index in [-0.39, 0.29) is 16.2 Å². The molecule has 27 heavy (non-hydrogen) atoms. The number of nitrogens with zero attached hydrogens (tertiary/aromatic N) is 1. The molecule has 2 aromatic rings. The molecule has 0 radical (unpaired) electrons. The number of benzene rings is 2. The van der Waals surface area contributed by atoms with Crippen LogP contribution in [0.15, 0.2) is 47.4 Å². The fourth-order valence-electron chi connectivity index (χ4n) is 2.42. The van der Waals surface area contributed by atoms with Crippen molar-refractivity contribution in [2.24, 2.45) is 0 Å². The molecule has 7 heteroatoms. The number of rotatable bonds is 6. The van der Waals surface area contributed by atoms with Gasteiger partial charge in [-0.25, -0.2) is 17.5 Å². The van der Waals surface area contributed by atoms with Gasteiger partial charge >= 0.3 is 5.97 Å². The van der Waals surface area contributed by atoms with Gasteiger partial charge in [-0.15, -0.1) is 0 Å². The topological polar surface area (TPSA) is 80.8 Å². The Kier molecular flexibility index (Phi) is 6.18. The van der Waals surface area contributed by atoms with E-state index in [1.807, 2.05) is 19.1 Å². The van der Waals surface area contributed by atoms with E-state index in [4.69, 9.17) is 4.74 Å². The van der Waals surface area contributed by atoms with Gasteiger partial charge in [0.15, 0.2) is 6.10 Å². The fourth-order valence-corrected chi connectivity index (χ4v) is 3.35. The van der Waals surface area contributed by atoms with Gasteiger partial charge < -0.3 is 4.74 Å². The van der Waals surface area contributed by atoms with E-state index in [1.165, 1.54) is 33.2 Å². The summed E-state index contributed by atoms with van der Waals surface area (Å²) in [6.07, 6.45) is -0.992. The van der Waals surface area contributed by atoms with Crippen LogP contribution in [0.2, 0.25) is 0 Å². The number of hydrogen-bond acceptors (Lipinski definition) is 5. The highest BCUT2D eigenvalue weighted by molar-refractivity contribution is 7.89.